The molecule has 2 rings (SSSR count). The molecule has 0 saturated carbocycles. The third-order valence-electron chi connectivity index (χ3n) is 2.51. The van der Waals surface area contributed by atoms with Crippen molar-refractivity contribution in [2.75, 3.05) is 6.54 Å². The Labute approximate surface area is 113 Å². The molecule has 19 heavy (non-hydrogen) atoms. The van der Waals surface area contributed by atoms with Gasteiger partial charge in [-0.1, -0.05) is 37.2 Å². The van der Waals surface area contributed by atoms with Crippen LogP contribution in [0.4, 0.5) is 0 Å². The predicted molar refractivity (Wildman–Crippen MR) is 71.9 cm³/mol. The molecule has 0 unspecified atom stereocenters. The van der Waals surface area contributed by atoms with Crippen LogP contribution in [-0.4, -0.2) is 22.7 Å². The van der Waals surface area contributed by atoms with Gasteiger partial charge in [0.15, 0.2) is 6.61 Å². The molecule has 0 fully saturated rings. The van der Waals surface area contributed by atoms with Gasteiger partial charge in [0.25, 0.3) is 0 Å². The van der Waals surface area contributed by atoms with Crippen LogP contribution in [0.1, 0.15) is 25.6 Å². The van der Waals surface area contributed by atoms with Crippen molar-refractivity contribution < 1.29 is 9.26 Å². The van der Waals surface area contributed by atoms with E-state index in [0.717, 1.165) is 18.7 Å². The topological polar surface area (TPSA) is 60.2 Å². The second kappa shape index (κ2) is 6.89. The molecule has 1 heterocycles. The van der Waals surface area contributed by atoms with Crippen LogP contribution in [0, 0.1) is 0 Å². The van der Waals surface area contributed by atoms with Crippen LogP contribution in [0.2, 0.25) is 0 Å². The van der Waals surface area contributed by atoms with Gasteiger partial charge in [-0.3, -0.25) is 0 Å². The largest absolute Gasteiger partial charge is 0.485 e. The standard InChI is InChI=1S/C14H19N3O2/c1-11(2)15-9-8-14-16-13(17-19-14)10-18-12-6-4-3-5-7-12/h3-7,11,15H,8-10H2,1-2H3. The number of hydrogen-bond acceptors (Lipinski definition) is 5. The Hall–Kier alpha value is -1.88. The predicted octanol–water partition coefficient (Wildman–Crippen LogP) is 2.19. The van der Waals surface area contributed by atoms with Gasteiger partial charge in [0, 0.05) is 19.0 Å². The molecule has 102 valence electrons. The molecule has 0 aliphatic carbocycles. The van der Waals surface area contributed by atoms with Crippen LogP contribution in [-0.2, 0) is 13.0 Å². The van der Waals surface area contributed by atoms with Crippen LogP contribution in [0.15, 0.2) is 34.9 Å². The average Bonchev–Trinajstić information content (AvgIpc) is 2.85. The van der Waals surface area contributed by atoms with Crippen molar-refractivity contribution in [3.8, 4) is 5.75 Å². The van der Waals surface area contributed by atoms with Crippen molar-refractivity contribution >= 4 is 0 Å². The average molecular weight is 261 g/mol. The zero-order chi connectivity index (χ0) is 13.5. The highest BCUT2D eigenvalue weighted by Crippen LogP contribution is 2.10. The highest BCUT2D eigenvalue weighted by atomic mass is 16.5. The Balaban J connectivity index is 1.77. The normalized spacial score (nSPS) is 10.9. The number of rotatable bonds is 7. The molecule has 0 aliphatic heterocycles. The first-order valence-corrected chi connectivity index (χ1v) is 6.47. The van der Waals surface area contributed by atoms with Crippen molar-refractivity contribution in [3.05, 3.63) is 42.0 Å². The van der Waals surface area contributed by atoms with Crippen molar-refractivity contribution in [1.82, 2.24) is 15.5 Å². The molecule has 0 amide bonds. The zero-order valence-corrected chi connectivity index (χ0v) is 11.3. The van der Waals surface area contributed by atoms with Gasteiger partial charge in [-0.05, 0) is 12.1 Å². The SMILES string of the molecule is CC(C)NCCc1nc(COc2ccccc2)no1. The second-order valence-electron chi connectivity index (χ2n) is 4.56. The quantitative estimate of drug-likeness (QED) is 0.828. The van der Waals surface area contributed by atoms with E-state index in [9.17, 15) is 0 Å². The Bertz CT molecular complexity index is 482. The van der Waals surface area contributed by atoms with E-state index < -0.39 is 0 Å². The lowest BCUT2D eigenvalue weighted by Crippen LogP contribution is -2.25. The Morgan fingerprint density at radius 1 is 1.26 bits per heavy atom. The van der Waals surface area contributed by atoms with Crippen molar-refractivity contribution in [2.45, 2.75) is 32.9 Å². The van der Waals surface area contributed by atoms with Gasteiger partial charge in [0.1, 0.15) is 5.75 Å². The van der Waals surface area contributed by atoms with Gasteiger partial charge in [0.2, 0.25) is 11.7 Å². The summed E-state index contributed by atoms with van der Waals surface area (Å²) in [5, 5.41) is 7.19. The fourth-order valence-electron chi connectivity index (χ4n) is 1.58. The lowest BCUT2D eigenvalue weighted by atomic mass is 10.3. The Kier molecular flexibility index (Phi) is 4.92. The molecular formula is C14H19N3O2. The van der Waals surface area contributed by atoms with Crippen LogP contribution >= 0.6 is 0 Å². The fraction of sp³-hybridized carbons (Fsp3) is 0.429. The third-order valence-corrected chi connectivity index (χ3v) is 2.51. The van der Waals surface area contributed by atoms with Gasteiger partial charge < -0.3 is 14.6 Å². The summed E-state index contributed by atoms with van der Waals surface area (Å²) in [6.07, 6.45) is 0.733. The molecule has 0 atom stereocenters. The van der Waals surface area contributed by atoms with E-state index in [4.69, 9.17) is 9.26 Å². The van der Waals surface area contributed by atoms with E-state index in [-0.39, 0.29) is 0 Å². The number of aromatic nitrogens is 2. The maximum atomic E-state index is 5.55. The van der Waals surface area contributed by atoms with Crippen molar-refractivity contribution in [3.63, 3.8) is 0 Å². The summed E-state index contributed by atoms with van der Waals surface area (Å²) in [4.78, 5) is 4.28. The minimum Gasteiger partial charge on any atom is -0.485 e. The summed E-state index contributed by atoms with van der Waals surface area (Å²) in [6, 6.07) is 10.1. The van der Waals surface area contributed by atoms with Crippen LogP contribution < -0.4 is 10.1 Å². The van der Waals surface area contributed by atoms with Crippen molar-refractivity contribution in [2.24, 2.45) is 0 Å². The summed E-state index contributed by atoms with van der Waals surface area (Å²) in [5.74, 6) is 2.01. The van der Waals surface area contributed by atoms with E-state index in [0.29, 0.717) is 24.4 Å². The maximum Gasteiger partial charge on any atom is 0.228 e. The molecule has 1 aromatic heterocycles. The first kappa shape index (κ1) is 13.5. The van der Waals surface area contributed by atoms with E-state index in [1.54, 1.807) is 0 Å². The summed E-state index contributed by atoms with van der Waals surface area (Å²) in [6.45, 7) is 5.36. The zero-order valence-electron chi connectivity index (χ0n) is 11.3. The van der Waals surface area contributed by atoms with Crippen LogP contribution in [0.3, 0.4) is 0 Å². The maximum absolute atomic E-state index is 5.55. The van der Waals surface area contributed by atoms with Gasteiger partial charge in [-0.25, -0.2) is 0 Å². The summed E-state index contributed by atoms with van der Waals surface area (Å²) in [5.41, 5.74) is 0. The molecule has 5 heteroatoms. The summed E-state index contributed by atoms with van der Waals surface area (Å²) >= 11 is 0. The number of ether oxygens (including phenoxy) is 1. The fourth-order valence-corrected chi connectivity index (χ4v) is 1.58. The number of hydrogen-bond donors (Lipinski definition) is 1. The first-order valence-electron chi connectivity index (χ1n) is 6.47. The molecule has 1 N–H and O–H groups in total. The molecule has 0 saturated heterocycles. The first-order chi connectivity index (χ1) is 9.24. The van der Waals surface area contributed by atoms with E-state index in [2.05, 4.69) is 29.3 Å². The van der Waals surface area contributed by atoms with Crippen LogP contribution in [0.5, 0.6) is 5.75 Å². The van der Waals surface area contributed by atoms with E-state index in [1.165, 1.54) is 0 Å². The van der Waals surface area contributed by atoms with E-state index >= 15 is 0 Å². The lowest BCUT2D eigenvalue weighted by molar-refractivity contribution is 0.285. The van der Waals surface area contributed by atoms with Gasteiger partial charge in [-0.2, -0.15) is 4.98 Å². The number of nitrogens with one attached hydrogen (secondary N) is 1. The molecule has 2 aromatic rings. The second-order valence-corrected chi connectivity index (χ2v) is 4.56. The number of para-hydroxylation sites is 1. The van der Waals surface area contributed by atoms with E-state index in [1.807, 2.05) is 30.3 Å². The molecular weight excluding hydrogens is 242 g/mol. The summed E-state index contributed by atoms with van der Waals surface area (Å²) < 4.78 is 10.7. The lowest BCUT2D eigenvalue weighted by Gasteiger charge is -2.04. The minimum absolute atomic E-state index is 0.325. The Morgan fingerprint density at radius 2 is 2.05 bits per heavy atom. The number of benzene rings is 1. The van der Waals surface area contributed by atoms with Gasteiger partial charge in [0.05, 0.1) is 0 Å². The number of nitrogens with zero attached hydrogens (tertiary/aromatic N) is 2. The molecule has 1 aromatic carbocycles. The smallest absolute Gasteiger partial charge is 0.228 e. The monoisotopic (exact) mass is 261 g/mol. The van der Waals surface area contributed by atoms with Gasteiger partial charge in [-0.15, -0.1) is 0 Å². The summed E-state index contributed by atoms with van der Waals surface area (Å²) in [7, 11) is 0. The van der Waals surface area contributed by atoms with Crippen LogP contribution in [0.25, 0.3) is 0 Å². The highest BCUT2D eigenvalue weighted by molar-refractivity contribution is 5.20. The molecule has 5 nitrogen and oxygen atoms in total. The van der Waals surface area contributed by atoms with Gasteiger partial charge >= 0.3 is 0 Å². The van der Waals surface area contributed by atoms with Crippen molar-refractivity contribution in [1.29, 1.82) is 0 Å². The highest BCUT2D eigenvalue weighted by Gasteiger charge is 2.06. The molecule has 0 spiro atoms. The molecule has 0 aliphatic rings. The molecule has 0 radical (unpaired) electrons. The molecule has 0 bridgehead atoms. The third kappa shape index (κ3) is 4.71. The minimum atomic E-state index is 0.325. The Morgan fingerprint density at radius 3 is 2.79 bits per heavy atom.